The molecule has 68 valence electrons. The molecule has 3 heteroatoms. The fourth-order valence-corrected chi connectivity index (χ4v) is 1.95. The number of fused-ring (bicyclic) bond motifs is 1. The van der Waals surface area contributed by atoms with Gasteiger partial charge in [-0.3, -0.25) is 0 Å². The molecule has 0 radical (unpaired) electrons. The minimum absolute atomic E-state index is 0.719. The first-order valence-electron chi connectivity index (χ1n) is 4.09. The largest absolute Gasteiger partial charge is 0.360 e. The quantitative estimate of drug-likeness (QED) is 0.778. The van der Waals surface area contributed by atoms with Crippen molar-refractivity contribution >= 4 is 26.8 Å². The van der Waals surface area contributed by atoms with E-state index < -0.39 is 6.17 Å². The highest BCUT2D eigenvalue weighted by Gasteiger charge is 2.10. The number of rotatable bonds is 1. The molecule has 13 heavy (non-hydrogen) atoms. The molecule has 0 saturated carbocycles. The van der Waals surface area contributed by atoms with Crippen LogP contribution < -0.4 is 0 Å². The molecule has 0 bridgehead atoms. The summed E-state index contributed by atoms with van der Waals surface area (Å²) in [5, 5.41) is 0.948. The van der Waals surface area contributed by atoms with E-state index in [9.17, 15) is 4.39 Å². The lowest BCUT2D eigenvalue weighted by molar-refractivity contribution is 0.376. The summed E-state index contributed by atoms with van der Waals surface area (Å²) < 4.78 is 14.1. The van der Waals surface area contributed by atoms with Crippen LogP contribution in [0.4, 0.5) is 4.39 Å². The second kappa shape index (κ2) is 3.14. The monoisotopic (exact) mass is 241 g/mol. The number of benzene rings is 1. The SMILES string of the molecule is CC(F)c1c[nH]c2c(Br)cccc12. The molecule has 0 aliphatic heterocycles. The fourth-order valence-electron chi connectivity index (χ4n) is 1.47. The molecular formula is C10H9BrFN. The van der Waals surface area contributed by atoms with Crippen LogP contribution in [0.2, 0.25) is 0 Å². The Morgan fingerprint density at radius 3 is 2.92 bits per heavy atom. The second-order valence-corrected chi connectivity index (χ2v) is 3.88. The van der Waals surface area contributed by atoms with E-state index in [0.717, 1.165) is 20.9 Å². The first-order chi connectivity index (χ1) is 6.20. The maximum absolute atomic E-state index is 13.1. The Kier molecular flexibility index (Phi) is 2.12. The zero-order valence-electron chi connectivity index (χ0n) is 7.14. The number of para-hydroxylation sites is 1. The Hall–Kier alpha value is -0.830. The summed E-state index contributed by atoms with van der Waals surface area (Å²) in [6.07, 6.45) is 0.795. The van der Waals surface area contributed by atoms with Gasteiger partial charge in [0, 0.05) is 21.6 Å². The topological polar surface area (TPSA) is 15.8 Å². The van der Waals surface area contributed by atoms with Gasteiger partial charge in [0.15, 0.2) is 0 Å². The lowest BCUT2D eigenvalue weighted by atomic mass is 10.1. The van der Waals surface area contributed by atoms with Crippen molar-refractivity contribution in [3.05, 3.63) is 34.4 Å². The molecule has 1 heterocycles. The van der Waals surface area contributed by atoms with Crippen molar-refractivity contribution in [1.29, 1.82) is 0 Å². The number of aromatic nitrogens is 1. The zero-order valence-corrected chi connectivity index (χ0v) is 8.73. The van der Waals surface area contributed by atoms with Crippen molar-refractivity contribution in [1.82, 2.24) is 4.98 Å². The van der Waals surface area contributed by atoms with E-state index in [4.69, 9.17) is 0 Å². The predicted octanol–water partition coefficient (Wildman–Crippen LogP) is 3.96. The molecule has 0 fully saturated rings. The van der Waals surface area contributed by atoms with E-state index >= 15 is 0 Å². The summed E-state index contributed by atoms with van der Waals surface area (Å²) in [6.45, 7) is 1.55. The molecule has 0 spiro atoms. The van der Waals surface area contributed by atoms with Crippen LogP contribution >= 0.6 is 15.9 Å². The first-order valence-corrected chi connectivity index (χ1v) is 4.89. The highest BCUT2D eigenvalue weighted by Crippen LogP contribution is 2.30. The van der Waals surface area contributed by atoms with E-state index in [1.54, 1.807) is 13.1 Å². The minimum atomic E-state index is -0.928. The van der Waals surface area contributed by atoms with Crippen molar-refractivity contribution in [3.63, 3.8) is 0 Å². The summed E-state index contributed by atoms with van der Waals surface area (Å²) in [5.74, 6) is 0. The third-order valence-electron chi connectivity index (χ3n) is 2.13. The molecule has 0 saturated heterocycles. The van der Waals surface area contributed by atoms with E-state index in [0.29, 0.717) is 0 Å². The predicted molar refractivity (Wildman–Crippen MR) is 55.5 cm³/mol. The van der Waals surface area contributed by atoms with Crippen molar-refractivity contribution < 1.29 is 4.39 Å². The molecule has 1 aromatic carbocycles. The van der Waals surface area contributed by atoms with Gasteiger partial charge < -0.3 is 4.98 Å². The maximum Gasteiger partial charge on any atom is 0.124 e. The van der Waals surface area contributed by atoms with Gasteiger partial charge in [0.25, 0.3) is 0 Å². The van der Waals surface area contributed by atoms with Crippen LogP contribution in [0.5, 0.6) is 0 Å². The van der Waals surface area contributed by atoms with Gasteiger partial charge in [0.1, 0.15) is 6.17 Å². The van der Waals surface area contributed by atoms with Gasteiger partial charge in [-0.2, -0.15) is 0 Å². The van der Waals surface area contributed by atoms with Crippen LogP contribution in [-0.4, -0.2) is 4.98 Å². The average Bonchev–Trinajstić information content (AvgIpc) is 2.48. The van der Waals surface area contributed by atoms with Crippen LogP contribution in [0, 0.1) is 0 Å². The Labute approximate surface area is 84.1 Å². The Balaban J connectivity index is 2.75. The first kappa shape index (κ1) is 8.75. The highest BCUT2D eigenvalue weighted by atomic mass is 79.9. The average molecular weight is 242 g/mol. The van der Waals surface area contributed by atoms with Gasteiger partial charge in [-0.05, 0) is 28.9 Å². The summed E-state index contributed by atoms with van der Waals surface area (Å²) in [7, 11) is 0. The third kappa shape index (κ3) is 1.37. The van der Waals surface area contributed by atoms with Crippen LogP contribution in [0.3, 0.4) is 0 Å². The molecule has 1 N–H and O–H groups in total. The van der Waals surface area contributed by atoms with Gasteiger partial charge in [0.2, 0.25) is 0 Å². The second-order valence-electron chi connectivity index (χ2n) is 3.02. The third-order valence-corrected chi connectivity index (χ3v) is 2.79. The van der Waals surface area contributed by atoms with Gasteiger partial charge in [0.05, 0.1) is 5.52 Å². The van der Waals surface area contributed by atoms with Crippen LogP contribution in [-0.2, 0) is 0 Å². The number of alkyl halides is 1. The summed E-state index contributed by atoms with van der Waals surface area (Å²) in [5.41, 5.74) is 1.68. The van der Waals surface area contributed by atoms with Gasteiger partial charge in [-0.15, -0.1) is 0 Å². The number of halogens is 2. The molecule has 0 aliphatic carbocycles. The molecule has 0 aliphatic rings. The fraction of sp³-hybridized carbons (Fsp3) is 0.200. The smallest absolute Gasteiger partial charge is 0.124 e. The molecule has 1 atom stereocenters. The van der Waals surface area contributed by atoms with Crippen LogP contribution in [0.1, 0.15) is 18.7 Å². The Morgan fingerprint density at radius 2 is 2.23 bits per heavy atom. The number of hydrogen-bond acceptors (Lipinski definition) is 0. The summed E-state index contributed by atoms with van der Waals surface area (Å²) >= 11 is 3.41. The molecule has 1 unspecified atom stereocenters. The zero-order chi connectivity index (χ0) is 9.42. The van der Waals surface area contributed by atoms with E-state index in [1.165, 1.54) is 0 Å². The van der Waals surface area contributed by atoms with Crippen molar-refractivity contribution in [2.75, 3.05) is 0 Å². The molecule has 1 nitrogen and oxygen atoms in total. The van der Waals surface area contributed by atoms with E-state index in [-0.39, 0.29) is 0 Å². The lowest BCUT2D eigenvalue weighted by Gasteiger charge is -1.98. The summed E-state index contributed by atoms with van der Waals surface area (Å²) in [6, 6.07) is 5.76. The number of nitrogens with one attached hydrogen (secondary N) is 1. The molecule has 0 amide bonds. The molecule has 1 aromatic heterocycles. The van der Waals surface area contributed by atoms with Gasteiger partial charge >= 0.3 is 0 Å². The minimum Gasteiger partial charge on any atom is -0.360 e. The van der Waals surface area contributed by atoms with Crippen LogP contribution in [0.25, 0.3) is 10.9 Å². The standard InChI is InChI=1S/C10H9BrFN/c1-6(12)8-5-13-10-7(8)3-2-4-9(10)11/h2-6,13H,1H3. The van der Waals surface area contributed by atoms with Crippen molar-refractivity contribution in [2.24, 2.45) is 0 Å². The van der Waals surface area contributed by atoms with Crippen molar-refractivity contribution in [3.8, 4) is 0 Å². The maximum atomic E-state index is 13.1. The van der Waals surface area contributed by atoms with Crippen molar-refractivity contribution in [2.45, 2.75) is 13.1 Å². The molecule has 2 aromatic rings. The molecule has 2 rings (SSSR count). The molecular weight excluding hydrogens is 233 g/mol. The Bertz CT molecular complexity index is 433. The van der Waals surface area contributed by atoms with E-state index in [1.807, 2.05) is 18.2 Å². The van der Waals surface area contributed by atoms with Gasteiger partial charge in [-0.25, -0.2) is 4.39 Å². The number of aromatic amines is 1. The van der Waals surface area contributed by atoms with E-state index in [2.05, 4.69) is 20.9 Å². The lowest BCUT2D eigenvalue weighted by Crippen LogP contribution is -1.81. The van der Waals surface area contributed by atoms with Gasteiger partial charge in [-0.1, -0.05) is 12.1 Å². The Morgan fingerprint density at radius 1 is 1.46 bits per heavy atom. The van der Waals surface area contributed by atoms with Crippen LogP contribution in [0.15, 0.2) is 28.9 Å². The normalized spacial score (nSPS) is 13.5. The number of hydrogen-bond donors (Lipinski definition) is 1. The summed E-state index contributed by atoms with van der Waals surface area (Å²) in [4.78, 5) is 3.05. The number of H-pyrrole nitrogens is 1. The highest BCUT2D eigenvalue weighted by molar-refractivity contribution is 9.10.